The molecule has 0 fully saturated rings. The van der Waals surface area contributed by atoms with Crippen LogP contribution in [0, 0.1) is 0 Å². The molecule has 0 aromatic carbocycles. The van der Waals surface area contributed by atoms with Gasteiger partial charge in [0.2, 0.25) is 11.5 Å². The van der Waals surface area contributed by atoms with Crippen LogP contribution in [0.1, 0.15) is 5.76 Å². The van der Waals surface area contributed by atoms with E-state index in [2.05, 4.69) is 23.8 Å². The van der Waals surface area contributed by atoms with Crippen LogP contribution in [-0.2, 0) is 29.1 Å². The molecule has 0 aliphatic heterocycles. The maximum atomic E-state index is 11.8. The van der Waals surface area contributed by atoms with Gasteiger partial charge in [0.25, 0.3) is 5.88 Å². The summed E-state index contributed by atoms with van der Waals surface area (Å²) in [4.78, 5) is 48.2. The number of anilines is 1. The van der Waals surface area contributed by atoms with Crippen molar-refractivity contribution in [2.45, 2.75) is 6.61 Å². The quantitative estimate of drug-likeness (QED) is 0.185. The zero-order chi connectivity index (χ0) is 23.2. The molecule has 0 aliphatic carbocycles. The van der Waals surface area contributed by atoms with Crippen LogP contribution in [0.5, 0.6) is 11.5 Å². The zero-order valence-electron chi connectivity index (χ0n) is 14.7. The van der Waals surface area contributed by atoms with Gasteiger partial charge in [-0.15, -0.1) is 4.86 Å². The van der Waals surface area contributed by atoms with E-state index in [1.807, 2.05) is 0 Å². The van der Waals surface area contributed by atoms with Crippen LogP contribution in [0.15, 0.2) is 17.1 Å². The van der Waals surface area contributed by atoms with Gasteiger partial charge in [0.15, 0.2) is 22.7 Å². The lowest BCUT2D eigenvalue weighted by atomic mass is 10.4. The Balaban J connectivity index is 1.82. The van der Waals surface area contributed by atoms with E-state index in [1.54, 1.807) is 0 Å². The summed E-state index contributed by atoms with van der Waals surface area (Å²) in [6, 6.07) is 0. The second-order valence-electron chi connectivity index (χ2n) is 5.56. The molecule has 0 radical (unpaired) electrons. The first-order valence-electron chi connectivity index (χ1n) is 7.53. The van der Waals surface area contributed by atoms with Gasteiger partial charge in [-0.05, 0) is 0 Å². The van der Waals surface area contributed by atoms with Crippen molar-refractivity contribution in [1.82, 2.24) is 24.4 Å². The van der Waals surface area contributed by atoms with E-state index in [-0.39, 0.29) is 17.0 Å². The summed E-state index contributed by atoms with van der Waals surface area (Å²) in [7, 11) is -16.2. The van der Waals surface area contributed by atoms with Crippen LogP contribution in [-0.4, -0.2) is 49.3 Å². The first-order valence-corrected chi connectivity index (χ1v) is 12.2. The molecule has 0 aliphatic rings. The number of nitrogen functional groups attached to an aromatic ring is 1. The van der Waals surface area contributed by atoms with E-state index in [0.29, 0.717) is 0 Å². The third kappa shape index (κ3) is 5.28. The largest absolute Gasteiger partial charge is 0.502 e. The van der Waals surface area contributed by atoms with Gasteiger partial charge in [-0.3, -0.25) is 4.52 Å². The molecule has 21 heteroatoms. The van der Waals surface area contributed by atoms with Gasteiger partial charge in [0, 0.05) is 0 Å². The summed E-state index contributed by atoms with van der Waals surface area (Å²) < 4.78 is 48.3. The van der Waals surface area contributed by atoms with E-state index in [1.165, 1.54) is 0 Å². The van der Waals surface area contributed by atoms with Crippen molar-refractivity contribution < 1.29 is 56.7 Å². The van der Waals surface area contributed by atoms with Crippen LogP contribution < -0.4 is 10.6 Å². The van der Waals surface area contributed by atoms with Gasteiger partial charge in [-0.1, -0.05) is 0 Å². The minimum Gasteiger partial charge on any atom is -0.502 e. The molecule has 18 nitrogen and oxygen atoms in total. The number of hydrogen-bond donors (Lipinski definition) is 8. The van der Waals surface area contributed by atoms with Crippen molar-refractivity contribution in [2.75, 3.05) is 5.73 Å². The minimum absolute atomic E-state index is 0.0123. The van der Waals surface area contributed by atoms with Gasteiger partial charge < -0.3 is 39.9 Å². The Kier molecular flexibility index (Phi) is 5.98. The number of rotatable bonds is 8. The lowest BCUT2D eigenvalue weighted by molar-refractivity contribution is 0.172. The number of imidazole rings is 1. The first-order chi connectivity index (χ1) is 14.2. The summed E-state index contributed by atoms with van der Waals surface area (Å²) in [6.07, 6.45) is 2.21. The molecule has 0 saturated heterocycles. The second-order valence-corrected chi connectivity index (χ2v) is 10.3. The molecule has 3 aromatic heterocycles. The third-order valence-electron chi connectivity index (χ3n) is 3.32. The maximum Gasteiger partial charge on any atom is 0.480 e. The Bertz CT molecular complexity index is 1280. The van der Waals surface area contributed by atoms with Gasteiger partial charge in [0.05, 0.1) is 0 Å². The fourth-order valence-corrected chi connectivity index (χ4v) is 5.58. The normalized spacial score (nSPS) is 16.3. The highest BCUT2D eigenvalue weighted by molar-refractivity contribution is 7.70. The number of aromatic nitrogens is 4. The Hall–Kier alpha value is -2.36. The summed E-state index contributed by atoms with van der Waals surface area (Å²) >= 11 is 0. The molecular formula is C10H13N6O12P3. The van der Waals surface area contributed by atoms with E-state index in [4.69, 9.17) is 19.9 Å². The fraction of sp³-hybridized carbons (Fsp3) is 0.100. The average molecular weight is 502 g/mol. The predicted octanol–water partition coefficient (Wildman–Crippen LogP) is -0.182. The highest BCUT2D eigenvalue weighted by Crippen LogP contribution is 2.61. The van der Waals surface area contributed by atoms with Crippen molar-refractivity contribution in [3.05, 3.63) is 18.4 Å². The molecule has 3 rings (SSSR count). The van der Waals surface area contributed by atoms with Gasteiger partial charge in [-0.2, -0.15) is 4.31 Å². The molecule has 0 amide bonds. The standard InChI is InChI=1S/C10H13N6O12P3/c11-8-5-9(13-2-12-8)16(3-14-5)10-7(18)6(17)4(27-10)1-26-31(24,25)28-30(22,23)15-29(19,20)21/h2-3,17-18H,1H2,(H,24,25)(H2,11,12,13)(H4,15,19,20,21,22,23). The number of phosphoric ester groups is 1. The SMILES string of the molecule is Nc1ncnc2c1ncn2-c1oc(COP(=O)(O)OP(=O)(O)NP(=O)(O)O)c(O)c1O. The first kappa shape index (κ1) is 23.3. The molecule has 0 spiro atoms. The summed E-state index contributed by atoms with van der Waals surface area (Å²) in [5.41, 5.74) is 5.86. The highest BCUT2D eigenvalue weighted by Gasteiger charge is 2.39. The van der Waals surface area contributed by atoms with Crippen LogP contribution in [0.3, 0.4) is 0 Å². The maximum absolute atomic E-state index is 11.8. The number of phosphoric acid groups is 1. The molecule has 2 atom stereocenters. The Morgan fingerprint density at radius 3 is 2.42 bits per heavy atom. The highest BCUT2D eigenvalue weighted by atomic mass is 31.3. The number of aromatic hydroxyl groups is 2. The van der Waals surface area contributed by atoms with Crippen molar-refractivity contribution in [3.63, 3.8) is 0 Å². The molecule has 31 heavy (non-hydrogen) atoms. The smallest absolute Gasteiger partial charge is 0.480 e. The lowest BCUT2D eigenvalue weighted by Gasteiger charge is -2.16. The fourth-order valence-electron chi connectivity index (χ4n) is 2.20. The number of hydrogen-bond acceptors (Lipinski definition) is 12. The molecule has 2 unspecified atom stereocenters. The van der Waals surface area contributed by atoms with E-state index >= 15 is 0 Å². The Morgan fingerprint density at radius 2 is 1.77 bits per heavy atom. The predicted molar refractivity (Wildman–Crippen MR) is 97.4 cm³/mol. The van der Waals surface area contributed by atoms with Crippen molar-refractivity contribution in [3.8, 4) is 17.4 Å². The van der Waals surface area contributed by atoms with Crippen LogP contribution in [0.2, 0.25) is 0 Å². The number of fused-ring (bicyclic) bond motifs is 1. The van der Waals surface area contributed by atoms with E-state index in [0.717, 1.165) is 22.1 Å². The van der Waals surface area contributed by atoms with Gasteiger partial charge in [0.1, 0.15) is 19.3 Å². The zero-order valence-corrected chi connectivity index (χ0v) is 17.4. The molecular weight excluding hydrogens is 489 g/mol. The number of nitrogens with one attached hydrogen (secondary N) is 1. The average Bonchev–Trinajstić information content (AvgIpc) is 3.13. The number of furan rings is 1. The van der Waals surface area contributed by atoms with Crippen molar-refractivity contribution in [1.29, 1.82) is 0 Å². The second kappa shape index (κ2) is 7.96. The Morgan fingerprint density at radius 1 is 1.10 bits per heavy atom. The topological polar surface area (TPSA) is 286 Å². The van der Waals surface area contributed by atoms with Crippen molar-refractivity contribution in [2.24, 2.45) is 0 Å². The van der Waals surface area contributed by atoms with Crippen molar-refractivity contribution >= 4 is 40.3 Å². The van der Waals surface area contributed by atoms with Gasteiger partial charge in [-0.25, -0.2) is 33.2 Å². The van der Waals surface area contributed by atoms with Crippen LogP contribution in [0.4, 0.5) is 5.82 Å². The summed E-state index contributed by atoms with van der Waals surface area (Å²) in [5, 5.41) is 20.1. The molecule has 0 saturated carbocycles. The van der Waals surface area contributed by atoms with E-state index in [9.17, 15) is 33.7 Å². The lowest BCUT2D eigenvalue weighted by Crippen LogP contribution is -2.08. The monoisotopic (exact) mass is 502 g/mol. The molecule has 170 valence electrons. The third-order valence-corrected chi connectivity index (χ3v) is 7.54. The number of nitrogens with zero attached hydrogens (tertiary/aromatic N) is 4. The molecule has 9 N–H and O–H groups in total. The molecule has 3 heterocycles. The summed E-state index contributed by atoms with van der Waals surface area (Å²) in [5.74, 6) is -2.84. The van der Waals surface area contributed by atoms with Crippen LogP contribution in [0.25, 0.3) is 17.0 Å². The molecule has 3 aromatic rings. The van der Waals surface area contributed by atoms with Gasteiger partial charge >= 0.3 is 23.3 Å². The van der Waals surface area contributed by atoms with Crippen LogP contribution >= 0.6 is 23.3 Å². The van der Waals surface area contributed by atoms with E-state index < -0.39 is 53.1 Å². The Labute approximate surface area is 170 Å². The molecule has 0 bridgehead atoms. The summed E-state index contributed by atoms with van der Waals surface area (Å²) in [6.45, 7) is -1.09. The minimum atomic E-state index is -5.48. The number of nitrogens with two attached hydrogens (primary N) is 1.